The fourth-order valence-electron chi connectivity index (χ4n) is 10.3. The highest BCUT2D eigenvalue weighted by atomic mass is 16.5. The standard InChI is InChI=1S/C54H72N2O9/c1-35-15-16-40(27-36(35)2)30-46-52-43(29-37(3)39(5)54(52)63-12)20-24-56(46,7)22-14-26-65-51(58)18-17-50(57)64-25-13-21-55(6)23-19-42-33-47(59-8)48(60-9)34-44(42)45(55)31-41-28-38(4)53(62-11)49(32-41)61-10/h15-18,27-29,32-34,45-46H,13-14,19-26,30-31H2,1-12H3/q+2/b18-17-. The number of carbonyl (C=O) groups is 2. The lowest BCUT2D eigenvalue weighted by Crippen LogP contribution is -2.53. The van der Waals surface area contributed by atoms with Crippen LogP contribution in [0.4, 0.5) is 0 Å². The highest BCUT2D eigenvalue weighted by Crippen LogP contribution is 2.46. The van der Waals surface area contributed by atoms with Crippen molar-refractivity contribution in [2.24, 2.45) is 0 Å². The van der Waals surface area contributed by atoms with Gasteiger partial charge in [-0.15, -0.1) is 0 Å². The Morgan fingerprint density at radius 2 is 1.12 bits per heavy atom. The maximum absolute atomic E-state index is 12.8. The van der Waals surface area contributed by atoms with E-state index >= 15 is 0 Å². The number of esters is 2. The number of hydrogen-bond acceptors (Lipinski definition) is 9. The number of rotatable bonds is 19. The smallest absolute Gasteiger partial charge is 0.331 e. The third-order valence-corrected chi connectivity index (χ3v) is 14.4. The van der Waals surface area contributed by atoms with Crippen LogP contribution in [0.1, 0.15) is 86.1 Å². The van der Waals surface area contributed by atoms with E-state index in [0.717, 1.165) is 89.2 Å². The quantitative estimate of drug-likeness (QED) is 0.0396. The first-order valence-corrected chi connectivity index (χ1v) is 23.0. The first kappa shape index (κ1) is 48.9. The fourth-order valence-corrected chi connectivity index (χ4v) is 10.3. The minimum absolute atomic E-state index is 0.0800. The summed E-state index contributed by atoms with van der Waals surface area (Å²) in [5, 5.41) is 0. The Hall–Kier alpha value is -5.52. The molecule has 0 spiro atoms. The first-order chi connectivity index (χ1) is 31.1. The van der Waals surface area contributed by atoms with Crippen LogP contribution >= 0.6 is 0 Å². The number of aryl methyl sites for hydroxylation is 4. The zero-order valence-electron chi connectivity index (χ0n) is 41.0. The van der Waals surface area contributed by atoms with Gasteiger partial charge in [0.05, 0.1) is 94.6 Å². The van der Waals surface area contributed by atoms with Crippen LogP contribution < -0.4 is 23.7 Å². The van der Waals surface area contributed by atoms with Gasteiger partial charge in [0.15, 0.2) is 23.0 Å². The molecule has 0 fully saturated rings. The van der Waals surface area contributed by atoms with Crippen molar-refractivity contribution in [3.63, 3.8) is 0 Å². The van der Waals surface area contributed by atoms with Gasteiger partial charge in [0.1, 0.15) is 17.8 Å². The Labute approximate surface area is 387 Å². The molecule has 0 saturated carbocycles. The van der Waals surface area contributed by atoms with E-state index in [1.54, 1.807) is 35.5 Å². The van der Waals surface area contributed by atoms with Gasteiger partial charge in [0.2, 0.25) is 0 Å². The molecule has 4 atom stereocenters. The van der Waals surface area contributed by atoms with Crippen LogP contribution in [-0.2, 0) is 44.7 Å². The van der Waals surface area contributed by atoms with Gasteiger partial charge in [-0.3, -0.25) is 0 Å². The molecule has 0 saturated heterocycles. The number of carbonyl (C=O) groups excluding carboxylic acids is 2. The molecule has 0 N–H and O–H groups in total. The van der Waals surface area contributed by atoms with Gasteiger partial charge >= 0.3 is 11.9 Å². The van der Waals surface area contributed by atoms with Crippen LogP contribution in [-0.4, -0.2) is 110 Å². The summed E-state index contributed by atoms with van der Waals surface area (Å²) in [4.78, 5) is 25.7. The number of fused-ring (bicyclic) bond motifs is 2. The van der Waals surface area contributed by atoms with Gasteiger partial charge in [-0.05, 0) is 103 Å². The van der Waals surface area contributed by atoms with Crippen molar-refractivity contribution in [1.29, 1.82) is 0 Å². The maximum atomic E-state index is 12.8. The van der Waals surface area contributed by atoms with Crippen molar-refractivity contribution in [1.82, 2.24) is 0 Å². The normalized spacial score (nSPS) is 20.1. The summed E-state index contributed by atoms with van der Waals surface area (Å²) in [5.74, 6) is 2.71. The van der Waals surface area contributed by atoms with Crippen molar-refractivity contribution >= 4 is 11.9 Å². The molecule has 0 aliphatic carbocycles. The summed E-state index contributed by atoms with van der Waals surface area (Å²) in [7, 11) is 13.0. The second-order valence-corrected chi connectivity index (χ2v) is 18.6. The van der Waals surface area contributed by atoms with Gasteiger partial charge in [0, 0.05) is 56.2 Å². The number of benzene rings is 4. The van der Waals surface area contributed by atoms with Gasteiger partial charge in [-0.1, -0.05) is 30.3 Å². The van der Waals surface area contributed by atoms with E-state index < -0.39 is 11.9 Å². The van der Waals surface area contributed by atoms with Crippen LogP contribution in [0.2, 0.25) is 0 Å². The predicted molar refractivity (Wildman–Crippen MR) is 255 cm³/mol. The lowest BCUT2D eigenvalue weighted by atomic mass is 9.83. The molecule has 0 radical (unpaired) electrons. The number of quaternary nitrogens is 2. The molecular weight excluding hydrogens is 821 g/mol. The monoisotopic (exact) mass is 893 g/mol. The highest BCUT2D eigenvalue weighted by Gasteiger charge is 2.42. The maximum Gasteiger partial charge on any atom is 0.331 e. The van der Waals surface area contributed by atoms with Crippen LogP contribution in [0.25, 0.3) is 0 Å². The molecule has 2 heterocycles. The van der Waals surface area contributed by atoms with Crippen molar-refractivity contribution < 1.29 is 51.7 Å². The van der Waals surface area contributed by atoms with Crippen molar-refractivity contribution in [3.05, 3.63) is 122 Å². The lowest BCUT2D eigenvalue weighted by molar-refractivity contribution is -0.941. The minimum atomic E-state index is -0.568. The summed E-state index contributed by atoms with van der Waals surface area (Å²) >= 11 is 0. The van der Waals surface area contributed by atoms with Gasteiger partial charge < -0.3 is 42.1 Å². The molecule has 4 aromatic rings. The number of hydrogen-bond donors (Lipinski definition) is 0. The molecular formula is C54H72N2O9+2. The number of likely N-dealkylation sites (N-methyl/N-ethyl adjacent to an activating group) is 2. The molecule has 0 bridgehead atoms. The Balaban J connectivity index is 1.05. The highest BCUT2D eigenvalue weighted by molar-refractivity contribution is 5.91. The van der Waals surface area contributed by atoms with Gasteiger partial charge in [0.25, 0.3) is 0 Å². The summed E-state index contributed by atoms with van der Waals surface area (Å²) in [6.07, 6.45) is 7.11. The van der Waals surface area contributed by atoms with Crippen LogP contribution in [0.15, 0.2) is 60.7 Å². The molecule has 11 heteroatoms. The number of nitrogens with zero attached hydrogens (tertiary/aromatic N) is 2. The fraction of sp³-hybridized carbons (Fsp3) is 0.481. The average Bonchev–Trinajstić information content (AvgIpc) is 3.29. The Bertz CT molecular complexity index is 2390. The van der Waals surface area contributed by atoms with E-state index in [-0.39, 0.29) is 25.3 Å². The molecule has 11 nitrogen and oxygen atoms in total. The number of ether oxygens (including phenoxy) is 7. The minimum Gasteiger partial charge on any atom is -0.496 e. The molecule has 4 unspecified atom stereocenters. The topological polar surface area (TPSA) is 98.8 Å². The summed E-state index contributed by atoms with van der Waals surface area (Å²) in [6.45, 7) is 14.6. The Morgan fingerprint density at radius 1 is 0.569 bits per heavy atom. The Morgan fingerprint density at radius 3 is 1.71 bits per heavy atom. The van der Waals surface area contributed by atoms with Crippen molar-refractivity contribution in [2.75, 3.05) is 89.0 Å². The van der Waals surface area contributed by atoms with Crippen molar-refractivity contribution in [3.8, 4) is 28.7 Å². The van der Waals surface area contributed by atoms with Gasteiger partial charge in [-0.2, -0.15) is 0 Å². The zero-order chi connectivity index (χ0) is 47.1. The number of methoxy groups -OCH3 is 5. The third kappa shape index (κ3) is 11.0. The van der Waals surface area contributed by atoms with Crippen LogP contribution in [0, 0.1) is 34.6 Å². The zero-order valence-corrected chi connectivity index (χ0v) is 41.0. The second-order valence-electron chi connectivity index (χ2n) is 18.6. The van der Waals surface area contributed by atoms with Crippen LogP contribution in [0.5, 0.6) is 28.7 Å². The molecule has 350 valence electrons. The first-order valence-electron chi connectivity index (χ1n) is 23.0. The molecule has 65 heavy (non-hydrogen) atoms. The molecule has 2 aliphatic heterocycles. The van der Waals surface area contributed by atoms with E-state index in [1.807, 2.05) is 6.92 Å². The summed E-state index contributed by atoms with van der Waals surface area (Å²) < 4.78 is 41.7. The van der Waals surface area contributed by atoms with E-state index in [2.05, 4.69) is 90.3 Å². The lowest BCUT2D eigenvalue weighted by Gasteiger charge is -2.46. The molecule has 0 amide bonds. The molecule has 6 rings (SSSR count). The summed E-state index contributed by atoms with van der Waals surface area (Å²) in [5.41, 5.74) is 13.6. The van der Waals surface area contributed by atoms with Gasteiger partial charge in [-0.25, -0.2) is 9.59 Å². The third-order valence-electron chi connectivity index (χ3n) is 14.4. The second kappa shape index (κ2) is 21.2. The molecule has 0 aromatic heterocycles. The van der Waals surface area contributed by atoms with E-state index in [1.165, 1.54) is 62.2 Å². The van der Waals surface area contributed by atoms with E-state index in [4.69, 9.17) is 33.2 Å². The van der Waals surface area contributed by atoms with E-state index in [0.29, 0.717) is 24.3 Å². The predicted octanol–water partition coefficient (Wildman–Crippen LogP) is 8.97. The summed E-state index contributed by atoms with van der Waals surface area (Å²) in [6, 6.07) is 17.8. The van der Waals surface area contributed by atoms with Crippen LogP contribution in [0.3, 0.4) is 0 Å². The van der Waals surface area contributed by atoms with Crippen molar-refractivity contribution in [2.45, 2.75) is 85.2 Å². The van der Waals surface area contributed by atoms with E-state index in [9.17, 15) is 9.59 Å². The Kier molecular flexibility index (Phi) is 16.0. The largest absolute Gasteiger partial charge is 0.496 e. The molecule has 4 aromatic carbocycles. The average molecular weight is 893 g/mol. The SMILES string of the molecule is COc1cc2c(cc1OC)C(Cc1cc(C)c(OC)c(OC)c1)[N+](C)(CCCOC(=O)/C=C\C(=O)OCCC[N+]1(C)CCc3cc(C)c(C)c(OC)c3C1Cc1ccc(C)c(C)c1)CC2. The molecule has 2 aliphatic rings.